The summed E-state index contributed by atoms with van der Waals surface area (Å²) < 4.78 is 0. The van der Waals surface area contributed by atoms with Crippen LogP contribution in [0, 0.1) is 5.92 Å². The molecule has 0 radical (unpaired) electrons. The molecular weight excluding hydrogens is 450 g/mol. The molecule has 36 heavy (non-hydrogen) atoms. The summed E-state index contributed by atoms with van der Waals surface area (Å²) in [6.07, 6.45) is 12.2. The standard InChI is InChI=1S/C29H39N5O2/c1-20(30-2)28(35)32-27(22-10-4-3-5-11-22)29(36)34-15-8-13-26(34)23-17-24(19-31-18-23)33-16-14-21-9-6-7-12-25(21)33/h6-7,9,12,17-20,22,26-27,30H,3-5,8,10-11,13-16H2,1-2H3,(H,32,35). The maximum Gasteiger partial charge on any atom is 0.245 e. The number of anilines is 2. The average Bonchev–Trinajstić information content (AvgIpc) is 3.59. The van der Waals surface area contributed by atoms with Crippen LogP contribution in [0.25, 0.3) is 0 Å². The lowest BCUT2D eigenvalue weighted by Crippen LogP contribution is -2.55. The van der Waals surface area contributed by atoms with Gasteiger partial charge >= 0.3 is 0 Å². The fraction of sp³-hybridized carbons (Fsp3) is 0.552. The molecule has 2 aliphatic heterocycles. The number of benzene rings is 1. The number of amides is 2. The fourth-order valence-corrected chi connectivity index (χ4v) is 6.20. The smallest absolute Gasteiger partial charge is 0.245 e. The van der Waals surface area contributed by atoms with Gasteiger partial charge in [-0.05, 0) is 75.3 Å². The van der Waals surface area contributed by atoms with Crippen molar-refractivity contribution >= 4 is 23.2 Å². The van der Waals surface area contributed by atoms with Crippen LogP contribution in [0.4, 0.5) is 11.4 Å². The van der Waals surface area contributed by atoms with Crippen molar-refractivity contribution in [1.82, 2.24) is 20.5 Å². The van der Waals surface area contributed by atoms with E-state index in [1.54, 1.807) is 7.05 Å². The quantitative estimate of drug-likeness (QED) is 0.612. The highest BCUT2D eigenvalue weighted by Gasteiger charge is 2.39. The highest BCUT2D eigenvalue weighted by molar-refractivity contribution is 5.90. The Balaban J connectivity index is 1.38. The molecule has 3 aliphatic rings. The summed E-state index contributed by atoms with van der Waals surface area (Å²) in [7, 11) is 1.77. The van der Waals surface area contributed by atoms with Gasteiger partial charge in [0.05, 0.1) is 24.0 Å². The number of carbonyl (C=O) groups is 2. The Bertz CT molecular complexity index is 1080. The second-order valence-electron chi connectivity index (χ2n) is 10.6. The first-order chi connectivity index (χ1) is 17.6. The highest BCUT2D eigenvalue weighted by Crippen LogP contribution is 2.38. The second kappa shape index (κ2) is 11.0. The van der Waals surface area contributed by atoms with E-state index in [1.165, 1.54) is 17.7 Å². The lowest BCUT2D eigenvalue weighted by atomic mass is 9.83. The van der Waals surface area contributed by atoms with Crippen molar-refractivity contribution in [3.05, 3.63) is 53.9 Å². The van der Waals surface area contributed by atoms with Crippen LogP contribution in [-0.2, 0) is 16.0 Å². The van der Waals surface area contributed by atoms with E-state index in [0.717, 1.165) is 69.3 Å². The summed E-state index contributed by atoms with van der Waals surface area (Å²) in [4.78, 5) is 35.8. The van der Waals surface area contributed by atoms with Crippen molar-refractivity contribution in [2.45, 2.75) is 76.4 Å². The summed E-state index contributed by atoms with van der Waals surface area (Å²) in [6.45, 7) is 3.50. The number of carbonyl (C=O) groups excluding carboxylic acids is 2. The molecule has 5 rings (SSSR count). The van der Waals surface area contributed by atoms with Crippen molar-refractivity contribution in [3.8, 4) is 0 Å². The molecule has 0 bridgehead atoms. The Labute approximate surface area is 214 Å². The van der Waals surface area contributed by atoms with Crippen LogP contribution >= 0.6 is 0 Å². The van der Waals surface area contributed by atoms with E-state index in [0.29, 0.717) is 0 Å². The molecule has 2 aromatic rings. The van der Waals surface area contributed by atoms with Gasteiger partial charge in [0, 0.05) is 25.0 Å². The van der Waals surface area contributed by atoms with Gasteiger partial charge in [0.2, 0.25) is 11.8 Å². The molecule has 0 spiro atoms. The lowest BCUT2D eigenvalue weighted by Gasteiger charge is -2.35. The van der Waals surface area contributed by atoms with Gasteiger partial charge in [-0.25, -0.2) is 0 Å². The lowest BCUT2D eigenvalue weighted by molar-refractivity contribution is -0.139. The minimum absolute atomic E-state index is 0.00693. The van der Waals surface area contributed by atoms with E-state index in [2.05, 4.69) is 50.8 Å². The molecule has 3 atom stereocenters. The van der Waals surface area contributed by atoms with Gasteiger partial charge in [-0.3, -0.25) is 14.6 Å². The zero-order chi connectivity index (χ0) is 25.1. The number of rotatable bonds is 7. The Kier molecular flexibility index (Phi) is 7.56. The predicted octanol–water partition coefficient (Wildman–Crippen LogP) is 4.11. The molecule has 1 saturated heterocycles. The van der Waals surface area contributed by atoms with Crippen LogP contribution in [0.15, 0.2) is 42.7 Å². The molecule has 3 heterocycles. The zero-order valence-corrected chi connectivity index (χ0v) is 21.6. The number of likely N-dealkylation sites (tertiary alicyclic amines) is 1. The predicted molar refractivity (Wildman–Crippen MR) is 142 cm³/mol. The number of fused-ring (bicyclic) bond motifs is 1. The molecule has 1 aromatic carbocycles. The van der Waals surface area contributed by atoms with E-state index in [-0.39, 0.29) is 29.8 Å². The van der Waals surface area contributed by atoms with Crippen molar-refractivity contribution in [2.75, 3.05) is 25.0 Å². The fourth-order valence-electron chi connectivity index (χ4n) is 6.20. The third kappa shape index (κ3) is 4.99. The monoisotopic (exact) mass is 489 g/mol. The van der Waals surface area contributed by atoms with Gasteiger partial charge in [-0.2, -0.15) is 0 Å². The number of likely N-dealkylation sites (N-methyl/N-ethyl adjacent to an activating group) is 1. The molecule has 1 saturated carbocycles. The number of aromatic nitrogens is 1. The Hall–Kier alpha value is -2.93. The van der Waals surface area contributed by atoms with Gasteiger partial charge in [0.25, 0.3) is 0 Å². The molecule has 1 aliphatic carbocycles. The minimum atomic E-state index is -0.462. The maximum absolute atomic E-state index is 14.0. The third-order valence-electron chi connectivity index (χ3n) is 8.38. The summed E-state index contributed by atoms with van der Waals surface area (Å²) in [6, 6.07) is 9.95. The summed E-state index contributed by atoms with van der Waals surface area (Å²) in [5, 5.41) is 6.14. The molecule has 7 heteroatoms. The Morgan fingerprint density at radius 3 is 2.64 bits per heavy atom. The first kappa shape index (κ1) is 24.8. The molecule has 192 valence electrons. The largest absolute Gasteiger partial charge is 0.343 e. The van der Waals surface area contributed by atoms with Gasteiger partial charge in [-0.15, -0.1) is 0 Å². The minimum Gasteiger partial charge on any atom is -0.343 e. The maximum atomic E-state index is 14.0. The number of para-hydroxylation sites is 1. The Morgan fingerprint density at radius 1 is 1.03 bits per heavy atom. The number of hydrogen-bond acceptors (Lipinski definition) is 5. The molecule has 3 unspecified atom stereocenters. The number of nitrogens with zero attached hydrogens (tertiary/aromatic N) is 3. The van der Waals surface area contributed by atoms with E-state index in [9.17, 15) is 9.59 Å². The normalized spacial score (nSPS) is 21.8. The number of hydrogen-bond donors (Lipinski definition) is 2. The summed E-state index contributed by atoms with van der Waals surface area (Å²) in [5.74, 6) is 0.164. The number of nitrogens with one attached hydrogen (secondary N) is 2. The first-order valence-electron chi connectivity index (χ1n) is 13.7. The van der Waals surface area contributed by atoms with Crippen molar-refractivity contribution < 1.29 is 9.59 Å². The summed E-state index contributed by atoms with van der Waals surface area (Å²) >= 11 is 0. The van der Waals surface area contributed by atoms with Gasteiger partial charge in [0.1, 0.15) is 6.04 Å². The van der Waals surface area contributed by atoms with Crippen LogP contribution in [0.3, 0.4) is 0 Å². The van der Waals surface area contributed by atoms with Crippen LogP contribution in [0.1, 0.15) is 69.0 Å². The summed E-state index contributed by atoms with van der Waals surface area (Å²) in [5.41, 5.74) is 4.77. The first-order valence-corrected chi connectivity index (χ1v) is 13.7. The van der Waals surface area contributed by atoms with Crippen LogP contribution in [0.2, 0.25) is 0 Å². The van der Waals surface area contributed by atoms with Gasteiger partial charge in [0.15, 0.2) is 0 Å². The van der Waals surface area contributed by atoms with Crippen LogP contribution in [-0.4, -0.2) is 53.9 Å². The zero-order valence-electron chi connectivity index (χ0n) is 21.6. The molecule has 2 fully saturated rings. The topological polar surface area (TPSA) is 77.6 Å². The molecule has 7 nitrogen and oxygen atoms in total. The van der Waals surface area contributed by atoms with Crippen molar-refractivity contribution in [1.29, 1.82) is 0 Å². The molecule has 2 N–H and O–H groups in total. The van der Waals surface area contributed by atoms with E-state index < -0.39 is 6.04 Å². The van der Waals surface area contributed by atoms with Gasteiger partial charge < -0.3 is 20.4 Å². The highest BCUT2D eigenvalue weighted by atomic mass is 16.2. The molecule has 2 amide bonds. The molecular formula is C29H39N5O2. The van der Waals surface area contributed by atoms with Crippen molar-refractivity contribution in [2.24, 2.45) is 5.92 Å². The van der Waals surface area contributed by atoms with E-state index in [1.807, 2.05) is 24.2 Å². The van der Waals surface area contributed by atoms with Crippen LogP contribution in [0.5, 0.6) is 0 Å². The van der Waals surface area contributed by atoms with Gasteiger partial charge in [-0.1, -0.05) is 37.5 Å². The third-order valence-corrected chi connectivity index (χ3v) is 8.38. The van der Waals surface area contributed by atoms with Crippen LogP contribution < -0.4 is 15.5 Å². The second-order valence-corrected chi connectivity index (χ2v) is 10.6. The van der Waals surface area contributed by atoms with E-state index >= 15 is 0 Å². The SMILES string of the molecule is CNC(C)C(=O)NC(C(=O)N1CCCC1c1cncc(N2CCc3ccccc32)c1)C1CCCCC1. The molecule has 1 aromatic heterocycles. The average molecular weight is 490 g/mol. The Morgan fingerprint density at radius 2 is 1.83 bits per heavy atom. The van der Waals surface area contributed by atoms with Crippen molar-refractivity contribution in [3.63, 3.8) is 0 Å². The van der Waals surface area contributed by atoms with E-state index in [4.69, 9.17) is 0 Å². The number of pyridine rings is 1.